The van der Waals surface area contributed by atoms with Crippen molar-refractivity contribution < 1.29 is 19.1 Å². The Bertz CT molecular complexity index is 1150. The van der Waals surface area contributed by atoms with Gasteiger partial charge in [-0.2, -0.15) is 0 Å². The molecule has 4 nitrogen and oxygen atoms in total. The van der Waals surface area contributed by atoms with Gasteiger partial charge in [0.15, 0.2) is 0 Å². The largest absolute Gasteiger partial charge is 0.423 e. The first-order valence-electron chi connectivity index (χ1n) is 10.7. The lowest BCUT2D eigenvalue weighted by molar-refractivity contribution is -0.130. The molecule has 4 heteroatoms. The summed E-state index contributed by atoms with van der Waals surface area (Å²) in [6.45, 7) is 13.0. The van der Waals surface area contributed by atoms with Gasteiger partial charge in [0.25, 0.3) is 0 Å². The van der Waals surface area contributed by atoms with E-state index in [4.69, 9.17) is 9.47 Å². The van der Waals surface area contributed by atoms with Crippen molar-refractivity contribution in [2.45, 2.75) is 32.6 Å². The summed E-state index contributed by atoms with van der Waals surface area (Å²) in [6.07, 6.45) is 1.98. The predicted molar refractivity (Wildman–Crippen MR) is 131 cm³/mol. The lowest BCUT2D eigenvalue weighted by atomic mass is 9.79. The van der Waals surface area contributed by atoms with Crippen LogP contribution in [0, 0.1) is 0 Å². The quantitative estimate of drug-likeness (QED) is 0.230. The molecule has 0 aromatic heterocycles. The second-order valence-corrected chi connectivity index (χ2v) is 8.60. The zero-order valence-corrected chi connectivity index (χ0v) is 19.3. The van der Waals surface area contributed by atoms with Crippen molar-refractivity contribution in [1.29, 1.82) is 0 Å². The summed E-state index contributed by atoms with van der Waals surface area (Å²) >= 11 is 0. The molecule has 0 spiro atoms. The Kier molecular flexibility index (Phi) is 7.29. The van der Waals surface area contributed by atoms with Gasteiger partial charge >= 0.3 is 11.9 Å². The first-order valence-corrected chi connectivity index (χ1v) is 10.7. The molecule has 0 radical (unpaired) electrons. The molecule has 0 amide bonds. The molecule has 0 aliphatic carbocycles. The molecule has 0 saturated heterocycles. The maximum absolute atomic E-state index is 11.7. The molecule has 33 heavy (non-hydrogen) atoms. The molecule has 3 rings (SSSR count). The Morgan fingerprint density at radius 1 is 0.818 bits per heavy atom. The smallest absolute Gasteiger partial charge is 0.338 e. The van der Waals surface area contributed by atoms with Crippen LogP contribution in [0.4, 0.5) is 0 Å². The number of hydrogen-bond donors (Lipinski definition) is 0. The fourth-order valence-electron chi connectivity index (χ4n) is 3.47. The first kappa shape index (κ1) is 23.7. The summed E-state index contributed by atoms with van der Waals surface area (Å²) in [5.74, 6) is 0.105. The molecule has 0 heterocycles. The van der Waals surface area contributed by atoms with Gasteiger partial charge in [-0.25, -0.2) is 9.59 Å². The molecule has 3 aromatic rings. The molecule has 3 aromatic carbocycles. The summed E-state index contributed by atoms with van der Waals surface area (Å²) in [7, 11) is 0. The van der Waals surface area contributed by atoms with Gasteiger partial charge in [0.05, 0.1) is 0 Å². The molecule has 0 atom stereocenters. The van der Waals surface area contributed by atoms with E-state index < -0.39 is 11.9 Å². The van der Waals surface area contributed by atoms with Crippen molar-refractivity contribution in [1.82, 2.24) is 0 Å². The van der Waals surface area contributed by atoms with Crippen molar-refractivity contribution in [2.24, 2.45) is 0 Å². The van der Waals surface area contributed by atoms with Crippen molar-refractivity contribution in [3.8, 4) is 22.6 Å². The Morgan fingerprint density at radius 2 is 1.30 bits per heavy atom. The van der Waals surface area contributed by atoms with Crippen LogP contribution in [0.25, 0.3) is 11.1 Å². The van der Waals surface area contributed by atoms with Gasteiger partial charge in [-0.3, -0.25) is 0 Å². The zero-order chi connectivity index (χ0) is 24.0. The number of rotatable bonds is 8. The maximum Gasteiger partial charge on any atom is 0.338 e. The predicted octanol–water partition coefficient (Wildman–Crippen LogP) is 6.45. The number of ether oxygens (including phenoxy) is 2. The number of benzene rings is 3. The highest BCUT2D eigenvalue weighted by Gasteiger charge is 2.21. The molecular weight excluding hydrogens is 412 g/mol. The van der Waals surface area contributed by atoms with Gasteiger partial charge < -0.3 is 9.47 Å². The van der Waals surface area contributed by atoms with E-state index in [-0.39, 0.29) is 5.41 Å². The maximum atomic E-state index is 11.7. The van der Waals surface area contributed by atoms with Crippen LogP contribution in [0.2, 0.25) is 0 Å². The summed E-state index contributed by atoms with van der Waals surface area (Å²) < 4.78 is 10.4. The van der Waals surface area contributed by atoms with Crippen LogP contribution in [0.3, 0.4) is 0 Å². The van der Waals surface area contributed by atoms with Gasteiger partial charge in [0.1, 0.15) is 11.5 Å². The zero-order valence-electron chi connectivity index (χ0n) is 19.3. The van der Waals surface area contributed by atoms with E-state index in [0.29, 0.717) is 17.1 Å². The van der Waals surface area contributed by atoms with Crippen molar-refractivity contribution in [3.63, 3.8) is 0 Å². The van der Waals surface area contributed by atoms with E-state index in [1.807, 2.05) is 24.3 Å². The Balaban J connectivity index is 1.68. The third kappa shape index (κ3) is 6.30. The lowest BCUT2D eigenvalue weighted by Crippen LogP contribution is -2.20. The molecule has 0 N–H and O–H groups in total. The average Bonchev–Trinajstić information content (AvgIpc) is 2.80. The molecule has 0 aliphatic heterocycles. The van der Waals surface area contributed by atoms with E-state index in [2.05, 4.69) is 51.3 Å². The molecule has 0 aliphatic rings. The van der Waals surface area contributed by atoms with Crippen LogP contribution in [-0.2, 0) is 21.4 Å². The third-order valence-electron chi connectivity index (χ3n) is 5.37. The van der Waals surface area contributed by atoms with Gasteiger partial charge in [0, 0.05) is 11.6 Å². The van der Waals surface area contributed by atoms with Gasteiger partial charge in [0.2, 0.25) is 0 Å². The topological polar surface area (TPSA) is 52.6 Å². The van der Waals surface area contributed by atoms with Crippen LogP contribution in [0.1, 0.15) is 31.9 Å². The van der Waals surface area contributed by atoms with Crippen molar-refractivity contribution >= 4 is 11.9 Å². The van der Waals surface area contributed by atoms with Crippen LogP contribution in [0.5, 0.6) is 11.5 Å². The normalized spacial score (nSPS) is 10.9. The summed E-state index contributed by atoms with van der Waals surface area (Å²) in [5, 5.41) is 0. The van der Waals surface area contributed by atoms with Gasteiger partial charge in [-0.05, 0) is 65.3 Å². The summed E-state index contributed by atoms with van der Waals surface area (Å²) in [6, 6.07) is 23.5. The van der Waals surface area contributed by atoms with Crippen molar-refractivity contribution in [3.05, 3.63) is 109 Å². The highest BCUT2D eigenvalue weighted by molar-refractivity contribution is 5.88. The minimum Gasteiger partial charge on any atom is -0.423 e. The molecular formula is C29H28O4. The molecule has 0 fully saturated rings. The molecule has 0 bridgehead atoms. The fourth-order valence-corrected chi connectivity index (χ4v) is 3.47. The van der Waals surface area contributed by atoms with Crippen molar-refractivity contribution in [2.75, 3.05) is 0 Å². The monoisotopic (exact) mass is 440 g/mol. The SMILES string of the molecule is C=CC(=O)Oc1ccc(CC(C)(C)c2ccc(-c3ccc(OC(=O)C(=C)C)cc3)cc2)cc1. The molecule has 0 unspecified atom stereocenters. The Morgan fingerprint density at radius 3 is 1.82 bits per heavy atom. The average molecular weight is 441 g/mol. The van der Waals surface area contributed by atoms with E-state index >= 15 is 0 Å². The molecule has 0 saturated carbocycles. The fraction of sp³-hybridized carbons (Fsp3) is 0.172. The lowest BCUT2D eigenvalue weighted by Gasteiger charge is -2.26. The van der Waals surface area contributed by atoms with Crippen LogP contribution in [0.15, 0.2) is 97.6 Å². The highest BCUT2D eigenvalue weighted by atomic mass is 16.5. The summed E-state index contributed by atoms with van der Waals surface area (Å²) in [5.41, 5.74) is 4.78. The highest BCUT2D eigenvalue weighted by Crippen LogP contribution is 2.31. The Hall–Kier alpha value is -3.92. The Labute approximate surface area is 195 Å². The minimum atomic E-state index is -0.467. The standard InChI is InChI=1S/C29H28O4/c1-6-27(30)32-25-15-7-21(8-16-25)19-29(4,5)24-13-9-22(10-14-24)23-11-17-26(18-12-23)33-28(31)20(2)3/h6-18H,1-2,19H2,3-5H3. The van der Waals surface area contributed by atoms with Gasteiger partial charge in [-0.15, -0.1) is 0 Å². The van der Waals surface area contributed by atoms with E-state index in [9.17, 15) is 9.59 Å². The summed E-state index contributed by atoms with van der Waals surface area (Å²) in [4.78, 5) is 23.0. The van der Waals surface area contributed by atoms with Crippen LogP contribution >= 0.6 is 0 Å². The van der Waals surface area contributed by atoms with Crippen LogP contribution < -0.4 is 9.47 Å². The number of esters is 2. The number of hydrogen-bond acceptors (Lipinski definition) is 4. The van der Waals surface area contributed by atoms with Crippen LogP contribution in [-0.4, -0.2) is 11.9 Å². The second-order valence-electron chi connectivity index (χ2n) is 8.60. The number of carbonyl (C=O) groups is 2. The van der Waals surface area contributed by atoms with E-state index in [1.165, 1.54) is 5.56 Å². The molecule has 168 valence electrons. The first-order chi connectivity index (χ1) is 15.7. The van der Waals surface area contributed by atoms with E-state index in [0.717, 1.165) is 29.2 Å². The van der Waals surface area contributed by atoms with E-state index in [1.54, 1.807) is 31.2 Å². The second kappa shape index (κ2) is 10.1. The minimum absolute atomic E-state index is 0.0849. The third-order valence-corrected chi connectivity index (χ3v) is 5.37. The number of carbonyl (C=O) groups excluding carboxylic acids is 2. The van der Waals surface area contributed by atoms with Gasteiger partial charge in [-0.1, -0.05) is 75.5 Å².